The van der Waals surface area contributed by atoms with Crippen molar-refractivity contribution in [3.63, 3.8) is 0 Å². The number of carbonyl (C=O) groups excluding carboxylic acids is 3. The first-order valence-corrected chi connectivity index (χ1v) is 13.5. The van der Waals surface area contributed by atoms with Gasteiger partial charge in [-0.15, -0.1) is 0 Å². The first-order valence-electron chi connectivity index (χ1n) is 13.5. The Morgan fingerprint density at radius 2 is 2.03 bits per heavy atom. The van der Waals surface area contributed by atoms with Gasteiger partial charge in [0.05, 0.1) is 24.2 Å². The van der Waals surface area contributed by atoms with Crippen molar-refractivity contribution in [2.45, 2.75) is 88.5 Å². The number of methoxy groups -OCH3 is 1. The van der Waals surface area contributed by atoms with Gasteiger partial charge in [-0.2, -0.15) is 0 Å². The summed E-state index contributed by atoms with van der Waals surface area (Å²) in [6.45, 7) is 6.00. The Labute approximate surface area is 223 Å². The lowest BCUT2D eigenvalue weighted by molar-refractivity contribution is -0.169. The van der Waals surface area contributed by atoms with Crippen LogP contribution < -0.4 is 14.8 Å². The summed E-state index contributed by atoms with van der Waals surface area (Å²) in [6.07, 6.45) is 3.35. The number of Topliss-reactive ketones (excluding diaryl/α,β-unsaturated/α-hetero) is 1. The van der Waals surface area contributed by atoms with Crippen LogP contribution in [0.1, 0.15) is 64.0 Å². The van der Waals surface area contributed by atoms with Crippen molar-refractivity contribution in [1.29, 1.82) is 0 Å². The fourth-order valence-electron chi connectivity index (χ4n) is 7.15. The molecule has 0 unspecified atom stereocenters. The van der Waals surface area contributed by atoms with E-state index in [9.17, 15) is 19.5 Å². The topological polar surface area (TPSA) is 114 Å². The molecule has 0 radical (unpaired) electrons. The number of ketones is 1. The molecule has 0 saturated carbocycles. The molecule has 2 aliphatic carbocycles. The molecule has 2 heterocycles. The zero-order chi connectivity index (χ0) is 27.4. The largest absolute Gasteiger partial charge is 0.493 e. The van der Waals surface area contributed by atoms with Gasteiger partial charge in [-0.05, 0) is 63.4 Å². The highest BCUT2D eigenvalue weighted by Gasteiger charge is 2.72. The fraction of sp³-hybridized carbons (Fsp3) is 0.621. The number of hydrogen-bond acceptors (Lipinski definition) is 8. The third-order valence-corrected chi connectivity index (χ3v) is 9.00. The monoisotopic (exact) mass is 526 g/mol. The van der Waals surface area contributed by atoms with Gasteiger partial charge in [0.2, 0.25) is 5.91 Å². The summed E-state index contributed by atoms with van der Waals surface area (Å²) in [5, 5.41) is 15.0. The van der Waals surface area contributed by atoms with E-state index in [1.165, 1.54) is 6.92 Å². The lowest BCUT2D eigenvalue weighted by atomic mass is 9.50. The molecule has 1 saturated heterocycles. The number of rotatable bonds is 9. The molecule has 1 spiro atoms. The molecular weight excluding hydrogens is 488 g/mol. The fourth-order valence-corrected chi connectivity index (χ4v) is 7.15. The van der Waals surface area contributed by atoms with Crippen molar-refractivity contribution >= 4 is 17.7 Å². The van der Waals surface area contributed by atoms with Crippen LogP contribution in [0.5, 0.6) is 11.5 Å². The van der Waals surface area contributed by atoms with Crippen molar-refractivity contribution in [3.05, 3.63) is 35.1 Å². The van der Waals surface area contributed by atoms with E-state index in [-0.39, 0.29) is 36.5 Å². The van der Waals surface area contributed by atoms with Crippen LogP contribution in [0.2, 0.25) is 0 Å². The Balaban J connectivity index is 1.32. The Bertz CT molecular complexity index is 1190. The molecule has 38 heavy (non-hydrogen) atoms. The quantitative estimate of drug-likeness (QED) is 0.472. The number of benzene rings is 1. The second-order valence-electron chi connectivity index (χ2n) is 11.5. The summed E-state index contributed by atoms with van der Waals surface area (Å²) in [5.74, 6) is 0.830. The maximum atomic E-state index is 12.9. The van der Waals surface area contributed by atoms with Crippen LogP contribution in [0.4, 0.5) is 0 Å². The van der Waals surface area contributed by atoms with E-state index in [4.69, 9.17) is 14.2 Å². The second kappa shape index (κ2) is 9.68. The molecular formula is C29H38N2O7. The lowest BCUT2D eigenvalue weighted by Gasteiger charge is -2.61. The van der Waals surface area contributed by atoms with E-state index in [0.717, 1.165) is 17.7 Å². The predicted octanol–water partition coefficient (Wildman–Crippen LogP) is 2.42. The molecule has 4 aliphatic rings. The van der Waals surface area contributed by atoms with E-state index in [0.29, 0.717) is 42.9 Å². The minimum Gasteiger partial charge on any atom is -0.493 e. The smallest absolute Gasteiger partial charge is 0.310 e. The molecule has 0 aromatic heterocycles. The van der Waals surface area contributed by atoms with E-state index in [1.807, 2.05) is 27.0 Å². The van der Waals surface area contributed by atoms with E-state index in [1.54, 1.807) is 13.2 Å². The number of piperidine rings is 1. The highest BCUT2D eigenvalue weighted by Crippen LogP contribution is 2.65. The molecule has 5 atom stereocenters. The number of hydrogen-bond donors (Lipinski definition) is 2. The van der Waals surface area contributed by atoms with Crippen LogP contribution in [-0.2, 0) is 31.0 Å². The predicted molar refractivity (Wildman–Crippen MR) is 139 cm³/mol. The molecule has 206 valence electrons. The van der Waals surface area contributed by atoms with Gasteiger partial charge in [0, 0.05) is 30.9 Å². The molecule has 9 nitrogen and oxygen atoms in total. The molecule has 1 fully saturated rings. The minimum atomic E-state index is -1.06. The number of carbonyl (C=O) groups is 3. The molecule has 2 bridgehead atoms. The summed E-state index contributed by atoms with van der Waals surface area (Å²) in [7, 11) is 3.64. The van der Waals surface area contributed by atoms with Crippen molar-refractivity contribution < 1.29 is 33.7 Å². The van der Waals surface area contributed by atoms with Gasteiger partial charge in [-0.3, -0.25) is 14.4 Å². The molecule has 5 rings (SSSR count). The molecule has 2 N–H and O–H groups in total. The van der Waals surface area contributed by atoms with Crippen LogP contribution >= 0.6 is 0 Å². The van der Waals surface area contributed by atoms with Crippen LogP contribution in [-0.4, -0.2) is 72.2 Å². The third-order valence-electron chi connectivity index (χ3n) is 9.00. The van der Waals surface area contributed by atoms with Crippen LogP contribution in [0.3, 0.4) is 0 Å². The van der Waals surface area contributed by atoms with Crippen molar-refractivity contribution in [3.8, 4) is 11.5 Å². The zero-order valence-corrected chi connectivity index (χ0v) is 22.8. The third kappa shape index (κ3) is 3.93. The van der Waals surface area contributed by atoms with Gasteiger partial charge in [-0.1, -0.05) is 19.9 Å². The number of likely N-dealkylation sites (N-methyl/N-ethyl adjacent to an activating group) is 1. The standard InChI is InChI=1S/C29H38N2O7/c1-16(2)25(17(3)32)30-22(33)7-6-8-23(34)37-20-11-12-29(35)21-15-18-9-10-19(36-5)26-24(18)28(29,27(20)38-26)13-14-31(21)4/h9-11,16,21,25,27,35H,6-8,12-15H2,1-5H3,(H,30,33)/t21-,25+,27+,28+,29-/m1/s1. The maximum absolute atomic E-state index is 12.9. The Morgan fingerprint density at radius 3 is 2.71 bits per heavy atom. The zero-order valence-electron chi connectivity index (χ0n) is 22.8. The van der Waals surface area contributed by atoms with E-state index >= 15 is 0 Å². The first kappa shape index (κ1) is 26.7. The lowest BCUT2D eigenvalue weighted by Crippen LogP contribution is -2.74. The highest BCUT2D eigenvalue weighted by atomic mass is 16.6. The SMILES string of the molecule is COc1ccc2c3c1O[C@H]1C(OC(=O)CCCC(=O)N[C@H](C(C)=O)C(C)C)=CC[C@@]4(O)[C@@H](C2)N(C)CC[C@]314. The van der Waals surface area contributed by atoms with E-state index < -0.39 is 29.1 Å². The number of likely N-dealkylation sites (tertiary alicyclic amines) is 1. The summed E-state index contributed by atoms with van der Waals surface area (Å²) >= 11 is 0. The number of esters is 1. The summed E-state index contributed by atoms with van der Waals surface area (Å²) in [6, 6.07) is 3.35. The van der Waals surface area contributed by atoms with Crippen molar-refractivity contribution in [2.24, 2.45) is 5.92 Å². The van der Waals surface area contributed by atoms with Gasteiger partial charge in [-0.25, -0.2) is 0 Å². The average Bonchev–Trinajstić information content (AvgIpc) is 3.22. The van der Waals surface area contributed by atoms with Crippen molar-refractivity contribution in [2.75, 3.05) is 20.7 Å². The molecule has 1 amide bonds. The normalized spacial score (nSPS) is 29.6. The Morgan fingerprint density at radius 1 is 1.26 bits per heavy atom. The molecule has 1 aromatic carbocycles. The van der Waals surface area contributed by atoms with Gasteiger partial charge in [0.15, 0.2) is 23.4 Å². The summed E-state index contributed by atoms with van der Waals surface area (Å²) in [5.41, 5.74) is 0.322. The number of aliphatic hydroxyl groups is 1. The first-order chi connectivity index (χ1) is 18.0. The number of amides is 1. The summed E-state index contributed by atoms with van der Waals surface area (Å²) < 4.78 is 18.0. The van der Waals surface area contributed by atoms with Crippen LogP contribution in [0.15, 0.2) is 24.0 Å². The van der Waals surface area contributed by atoms with Gasteiger partial charge >= 0.3 is 5.97 Å². The molecule has 2 aliphatic heterocycles. The Kier molecular flexibility index (Phi) is 6.80. The number of nitrogens with one attached hydrogen (secondary N) is 1. The second-order valence-corrected chi connectivity index (χ2v) is 11.5. The molecule has 9 heteroatoms. The van der Waals surface area contributed by atoms with Gasteiger partial charge in [0.1, 0.15) is 5.76 Å². The van der Waals surface area contributed by atoms with Gasteiger partial charge < -0.3 is 29.5 Å². The van der Waals surface area contributed by atoms with Gasteiger partial charge in [0.25, 0.3) is 0 Å². The number of nitrogens with zero attached hydrogens (tertiary/aromatic N) is 1. The van der Waals surface area contributed by atoms with E-state index in [2.05, 4.69) is 16.3 Å². The number of ether oxygens (including phenoxy) is 3. The van der Waals surface area contributed by atoms with Crippen LogP contribution in [0, 0.1) is 5.92 Å². The maximum Gasteiger partial charge on any atom is 0.310 e. The highest BCUT2D eigenvalue weighted by molar-refractivity contribution is 5.87. The summed E-state index contributed by atoms with van der Waals surface area (Å²) in [4.78, 5) is 39.2. The minimum absolute atomic E-state index is 0.00805. The van der Waals surface area contributed by atoms with Crippen molar-refractivity contribution in [1.82, 2.24) is 10.2 Å². The average molecular weight is 527 g/mol. The van der Waals surface area contributed by atoms with Crippen LogP contribution in [0.25, 0.3) is 0 Å². The Hall–Kier alpha value is -2.91. The molecule has 1 aromatic rings.